The summed E-state index contributed by atoms with van der Waals surface area (Å²) in [4.78, 5) is 22.5. The molecular weight excluding hydrogens is 378 g/mol. The number of carbonyl (C=O) groups excluding carboxylic acids is 1. The summed E-state index contributed by atoms with van der Waals surface area (Å²) in [7, 11) is -2.90. The zero-order valence-corrected chi connectivity index (χ0v) is 14.6. The van der Waals surface area contributed by atoms with Gasteiger partial charge in [0.25, 0.3) is 0 Å². The highest BCUT2D eigenvalue weighted by molar-refractivity contribution is 9.10. The predicted molar refractivity (Wildman–Crippen MR) is 82.1 cm³/mol. The third-order valence-corrected chi connectivity index (χ3v) is 5.33. The number of carboxylic acid groups (broad SMARTS) is 1. The van der Waals surface area contributed by atoms with E-state index in [0.29, 0.717) is 4.47 Å². The van der Waals surface area contributed by atoms with Gasteiger partial charge in [0, 0.05) is 11.5 Å². The Morgan fingerprint density at radius 2 is 1.95 bits per heavy atom. The Labute approximate surface area is 137 Å². The predicted octanol–water partition coefficient (Wildman–Crippen LogP) is 1.72. The number of carboxylic acids is 1. The second kappa shape index (κ2) is 7.21. The van der Waals surface area contributed by atoms with Gasteiger partial charge < -0.3 is 9.84 Å². The summed E-state index contributed by atoms with van der Waals surface area (Å²) >= 11 is 3.13. The summed E-state index contributed by atoms with van der Waals surface area (Å²) in [6.07, 6.45) is 0. The molecule has 1 aromatic carbocycles. The number of esters is 1. The Bertz CT molecular complexity index is 688. The van der Waals surface area contributed by atoms with Crippen LogP contribution in [0.5, 0.6) is 0 Å². The molecule has 0 aliphatic heterocycles. The number of hydrogen-bond acceptors (Lipinski definition) is 5. The van der Waals surface area contributed by atoms with Crippen molar-refractivity contribution in [3.63, 3.8) is 0 Å². The Balaban J connectivity index is 3.31. The van der Waals surface area contributed by atoms with Crippen LogP contribution in [0.2, 0.25) is 0 Å². The summed E-state index contributed by atoms with van der Waals surface area (Å²) in [5.74, 6) is -1.93. The molecule has 0 saturated heterocycles. The van der Waals surface area contributed by atoms with Crippen molar-refractivity contribution < 1.29 is 27.9 Å². The van der Waals surface area contributed by atoms with Gasteiger partial charge in [0.15, 0.2) is 0 Å². The fourth-order valence-electron chi connectivity index (χ4n) is 1.57. The lowest BCUT2D eigenvalue weighted by Gasteiger charge is -2.21. The smallest absolute Gasteiger partial charge is 0.338 e. The molecule has 0 amide bonds. The van der Waals surface area contributed by atoms with Gasteiger partial charge in [0.1, 0.15) is 6.04 Å². The van der Waals surface area contributed by atoms with Crippen LogP contribution in [-0.4, -0.2) is 49.5 Å². The number of aliphatic carboxylic acids is 1. The Morgan fingerprint density at radius 3 is 2.45 bits per heavy atom. The quantitative estimate of drug-likeness (QED) is 0.738. The maximum atomic E-state index is 12.5. The topological polar surface area (TPSA) is 101 Å². The molecule has 0 bridgehead atoms. The van der Waals surface area contributed by atoms with Gasteiger partial charge in [-0.3, -0.25) is 4.79 Å². The van der Waals surface area contributed by atoms with E-state index in [1.807, 2.05) is 0 Å². The summed E-state index contributed by atoms with van der Waals surface area (Å²) in [6, 6.07) is 2.64. The van der Waals surface area contributed by atoms with Gasteiger partial charge >= 0.3 is 11.9 Å². The molecule has 0 fully saturated rings. The zero-order valence-electron chi connectivity index (χ0n) is 12.2. The molecule has 1 rings (SSSR count). The van der Waals surface area contributed by atoms with Crippen LogP contribution in [0.1, 0.15) is 24.2 Å². The van der Waals surface area contributed by atoms with E-state index in [1.165, 1.54) is 26.1 Å². The number of ether oxygens (including phenoxy) is 1. The van der Waals surface area contributed by atoms with Gasteiger partial charge in [-0.25, -0.2) is 13.2 Å². The first-order chi connectivity index (χ1) is 10.1. The van der Waals surface area contributed by atoms with Crippen molar-refractivity contribution in [2.75, 3.05) is 13.7 Å². The van der Waals surface area contributed by atoms with Crippen LogP contribution in [0.3, 0.4) is 0 Å². The van der Waals surface area contributed by atoms with E-state index in [-0.39, 0.29) is 17.1 Å². The van der Waals surface area contributed by atoms with Crippen LogP contribution in [0, 0.1) is 0 Å². The van der Waals surface area contributed by atoms with Crippen LogP contribution < -0.4 is 0 Å². The Hall–Kier alpha value is -1.45. The Kier molecular flexibility index (Phi) is 6.09. The lowest BCUT2D eigenvalue weighted by atomic mass is 10.2. The molecular formula is C13H16BrNO6S. The van der Waals surface area contributed by atoms with E-state index in [1.54, 1.807) is 6.92 Å². The number of carbonyl (C=O) groups is 2. The SMILES string of the molecule is CCOC(=O)c1cc(Br)cc(S(=O)(=O)N(C)C(C)C(=O)O)c1. The number of halogens is 1. The van der Waals surface area contributed by atoms with E-state index in [4.69, 9.17) is 9.84 Å². The molecule has 1 atom stereocenters. The number of rotatable bonds is 6. The lowest BCUT2D eigenvalue weighted by Crippen LogP contribution is -2.40. The van der Waals surface area contributed by atoms with Crippen molar-refractivity contribution in [2.24, 2.45) is 0 Å². The molecule has 122 valence electrons. The van der Waals surface area contributed by atoms with Gasteiger partial charge in [-0.1, -0.05) is 15.9 Å². The maximum Gasteiger partial charge on any atom is 0.338 e. The average Bonchev–Trinajstić information content (AvgIpc) is 2.45. The highest BCUT2D eigenvalue weighted by Crippen LogP contribution is 2.23. The summed E-state index contributed by atoms with van der Waals surface area (Å²) < 4.78 is 30.8. The second-order valence-electron chi connectivity index (χ2n) is 4.43. The monoisotopic (exact) mass is 393 g/mol. The van der Waals surface area contributed by atoms with Crippen molar-refractivity contribution >= 4 is 37.9 Å². The van der Waals surface area contributed by atoms with E-state index in [2.05, 4.69) is 15.9 Å². The minimum absolute atomic E-state index is 0.0613. The van der Waals surface area contributed by atoms with E-state index in [0.717, 1.165) is 10.4 Å². The van der Waals surface area contributed by atoms with Crippen LogP contribution in [0.4, 0.5) is 0 Å². The minimum atomic E-state index is -4.06. The largest absolute Gasteiger partial charge is 0.480 e. The third-order valence-electron chi connectivity index (χ3n) is 2.96. The number of nitrogens with zero attached hydrogens (tertiary/aromatic N) is 1. The minimum Gasteiger partial charge on any atom is -0.480 e. The van der Waals surface area contributed by atoms with Crippen molar-refractivity contribution in [2.45, 2.75) is 24.8 Å². The molecule has 0 radical (unpaired) electrons. The van der Waals surface area contributed by atoms with Crippen molar-refractivity contribution in [3.05, 3.63) is 28.2 Å². The molecule has 9 heteroatoms. The maximum absolute atomic E-state index is 12.5. The summed E-state index contributed by atoms with van der Waals surface area (Å²) in [5, 5.41) is 8.94. The normalized spacial score (nSPS) is 13.0. The molecule has 0 aromatic heterocycles. The molecule has 22 heavy (non-hydrogen) atoms. The molecule has 1 unspecified atom stereocenters. The van der Waals surface area contributed by atoms with Gasteiger partial charge in [-0.05, 0) is 32.0 Å². The van der Waals surface area contributed by atoms with Crippen molar-refractivity contribution in [1.82, 2.24) is 4.31 Å². The molecule has 1 N–H and O–H groups in total. The molecule has 0 spiro atoms. The number of likely N-dealkylation sites (N-methyl/N-ethyl adjacent to an activating group) is 1. The third kappa shape index (κ3) is 4.05. The van der Waals surface area contributed by atoms with E-state index >= 15 is 0 Å². The number of benzene rings is 1. The van der Waals surface area contributed by atoms with E-state index in [9.17, 15) is 18.0 Å². The summed E-state index contributed by atoms with van der Waals surface area (Å²) in [5.41, 5.74) is 0.0613. The Morgan fingerprint density at radius 1 is 1.36 bits per heavy atom. The molecule has 7 nitrogen and oxygen atoms in total. The van der Waals surface area contributed by atoms with Crippen molar-refractivity contribution in [3.8, 4) is 0 Å². The van der Waals surface area contributed by atoms with Crippen LogP contribution in [-0.2, 0) is 19.6 Å². The number of hydrogen-bond donors (Lipinski definition) is 1. The van der Waals surface area contributed by atoms with Gasteiger partial charge in [0.2, 0.25) is 10.0 Å². The van der Waals surface area contributed by atoms with Crippen LogP contribution in [0.15, 0.2) is 27.6 Å². The van der Waals surface area contributed by atoms with Crippen LogP contribution in [0.25, 0.3) is 0 Å². The first-order valence-electron chi connectivity index (χ1n) is 6.29. The van der Waals surface area contributed by atoms with Gasteiger partial charge in [-0.2, -0.15) is 4.31 Å². The highest BCUT2D eigenvalue weighted by Gasteiger charge is 2.30. The summed E-state index contributed by atoms with van der Waals surface area (Å²) in [6.45, 7) is 3.05. The standard InChI is InChI=1S/C13H16BrNO6S/c1-4-21-13(18)9-5-10(14)7-11(6-9)22(19,20)15(3)8(2)12(16)17/h5-8H,4H2,1-3H3,(H,16,17). The second-order valence-corrected chi connectivity index (χ2v) is 7.34. The molecule has 1 aromatic rings. The first kappa shape index (κ1) is 18.6. The molecule has 0 saturated carbocycles. The first-order valence-corrected chi connectivity index (χ1v) is 8.53. The average molecular weight is 394 g/mol. The number of sulfonamides is 1. The molecule has 0 aliphatic rings. The lowest BCUT2D eigenvalue weighted by molar-refractivity contribution is -0.140. The van der Waals surface area contributed by atoms with Gasteiger partial charge in [-0.15, -0.1) is 0 Å². The van der Waals surface area contributed by atoms with Gasteiger partial charge in [0.05, 0.1) is 17.1 Å². The highest BCUT2D eigenvalue weighted by atomic mass is 79.9. The fourth-order valence-corrected chi connectivity index (χ4v) is 3.61. The molecule has 0 heterocycles. The zero-order chi connectivity index (χ0) is 17.1. The van der Waals surface area contributed by atoms with Crippen LogP contribution >= 0.6 is 15.9 Å². The molecule has 0 aliphatic carbocycles. The van der Waals surface area contributed by atoms with E-state index < -0.39 is 28.0 Å². The van der Waals surface area contributed by atoms with Crippen molar-refractivity contribution in [1.29, 1.82) is 0 Å². The fraction of sp³-hybridized carbons (Fsp3) is 0.385.